The van der Waals surface area contributed by atoms with E-state index in [4.69, 9.17) is 9.57 Å². The molecule has 3 saturated carbocycles. The van der Waals surface area contributed by atoms with Crippen LogP contribution in [-0.2, 0) is 32.0 Å². The molecular weight excluding hydrogens is 697 g/mol. The first kappa shape index (κ1) is 38.7. The Kier molecular flexibility index (Phi) is 11.2. The highest BCUT2D eigenvalue weighted by Gasteiger charge is 2.54. The van der Waals surface area contributed by atoms with Gasteiger partial charge in [-0.2, -0.15) is 5.06 Å². The molecule has 7 atom stereocenters. The van der Waals surface area contributed by atoms with Crippen molar-refractivity contribution < 1.29 is 37.8 Å². The lowest BCUT2D eigenvalue weighted by atomic mass is 9.48. The molecule has 3 aromatic rings. The molecule has 7 rings (SSSR count). The standard InChI is InChI=1S/C40H52N4O8S/c1-24(46)35-34(22-45)52-44(36(35)39(48)41-31-19-29-18-30(20-31)40(29,2)3)21-26-13-10-14-33(37(26)51-6)27-15-28(17-32(16-27)43(4)5)38(47)42-53(49,50)23-25-11-8-7-9-12-25/h7-17,24,29-31,34-36,45-46H,18-23H2,1-6H3,(H,41,48)(H,42,47)/t24-,29-,30+,31?,34-,35+,36-/m0/s1. The zero-order valence-electron chi connectivity index (χ0n) is 31.3. The summed E-state index contributed by atoms with van der Waals surface area (Å²) in [5.41, 5.74) is 3.54. The summed E-state index contributed by atoms with van der Waals surface area (Å²) in [6.07, 6.45) is 1.27. The number of carbonyl (C=O) groups excluding carboxylic acids is 2. The lowest BCUT2D eigenvalue weighted by molar-refractivity contribution is -0.182. The Morgan fingerprint density at radius 1 is 1.04 bits per heavy atom. The number of hydrogen-bond acceptors (Lipinski definition) is 10. The second-order valence-corrected chi connectivity index (χ2v) is 17.4. The van der Waals surface area contributed by atoms with Crippen molar-refractivity contribution in [3.8, 4) is 16.9 Å². The lowest BCUT2D eigenvalue weighted by Crippen LogP contribution is -2.58. The Balaban J connectivity index is 1.28. The van der Waals surface area contributed by atoms with Gasteiger partial charge in [0.05, 0.1) is 32.1 Å². The zero-order valence-corrected chi connectivity index (χ0v) is 32.1. The van der Waals surface area contributed by atoms with Gasteiger partial charge in [-0.1, -0.05) is 62.4 Å². The maximum Gasteiger partial charge on any atom is 0.264 e. The number of ether oxygens (including phenoxy) is 1. The van der Waals surface area contributed by atoms with Crippen molar-refractivity contribution >= 4 is 27.5 Å². The van der Waals surface area contributed by atoms with Gasteiger partial charge in [0, 0.05) is 48.4 Å². The molecule has 13 heteroatoms. The SMILES string of the molecule is COc1c(CN2O[C@@H](CO)[C@@H]([C@H](C)O)[C@H]2C(=O)NC2C[C@@H]3C[C@H](C2)C3(C)C)cccc1-c1cc(C(=O)NS(=O)(=O)Cc2ccccc2)cc(N(C)C)c1. The first-order valence-corrected chi connectivity index (χ1v) is 19.9. The number of aliphatic hydroxyl groups is 2. The zero-order chi connectivity index (χ0) is 38.2. The van der Waals surface area contributed by atoms with Gasteiger partial charge in [0.25, 0.3) is 5.91 Å². The molecule has 53 heavy (non-hydrogen) atoms. The number of hydroxylamine groups is 2. The van der Waals surface area contributed by atoms with E-state index in [1.807, 2.05) is 43.3 Å². The summed E-state index contributed by atoms with van der Waals surface area (Å²) in [5, 5.41) is 25.9. The third kappa shape index (κ3) is 8.09. The smallest absolute Gasteiger partial charge is 0.264 e. The third-order valence-electron chi connectivity index (χ3n) is 11.6. The topological polar surface area (TPSA) is 158 Å². The van der Waals surface area contributed by atoms with Crippen LogP contribution in [-0.4, -0.2) is 87.6 Å². The molecule has 4 fully saturated rings. The van der Waals surface area contributed by atoms with E-state index in [1.165, 1.54) is 18.6 Å². The predicted molar refractivity (Wildman–Crippen MR) is 202 cm³/mol. The van der Waals surface area contributed by atoms with Crippen molar-refractivity contribution in [3.63, 3.8) is 0 Å². The molecule has 4 N–H and O–H groups in total. The van der Waals surface area contributed by atoms with Crippen molar-refractivity contribution in [2.75, 3.05) is 32.7 Å². The molecule has 2 amide bonds. The highest BCUT2D eigenvalue weighted by atomic mass is 32.2. The van der Waals surface area contributed by atoms with E-state index in [1.54, 1.807) is 49.4 Å². The molecular formula is C40H52N4O8S. The number of nitrogens with zero attached hydrogens (tertiary/aromatic N) is 2. The Labute approximate surface area is 312 Å². The molecule has 0 aromatic heterocycles. The van der Waals surface area contributed by atoms with Gasteiger partial charge >= 0.3 is 0 Å². The molecule has 0 radical (unpaired) electrons. The molecule has 1 unspecified atom stereocenters. The highest BCUT2D eigenvalue weighted by molar-refractivity contribution is 7.89. The molecule has 2 bridgehead atoms. The van der Waals surface area contributed by atoms with Crippen LogP contribution >= 0.6 is 0 Å². The Bertz CT molecular complexity index is 1900. The summed E-state index contributed by atoms with van der Waals surface area (Å²) in [5.74, 6) is -0.460. The maximum atomic E-state index is 14.1. The summed E-state index contributed by atoms with van der Waals surface area (Å²) in [6.45, 7) is 5.93. The molecule has 3 aliphatic carbocycles. The number of aliphatic hydroxyl groups excluding tert-OH is 2. The molecule has 12 nitrogen and oxygen atoms in total. The van der Waals surface area contributed by atoms with Gasteiger partial charge in [-0.15, -0.1) is 0 Å². The second kappa shape index (κ2) is 15.4. The van der Waals surface area contributed by atoms with Crippen LogP contribution in [0, 0.1) is 23.2 Å². The molecule has 4 aliphatic rings. The van der Waals surface area contributed by atoms with E-state index in [9.17, 15) is 28.2 Å². The average Bonchev–Trinajstić information content (AvgIpc) is 3.50. The Morgan fingerprint density at radius 2 is 1.74 bits per heavy atom. The van der Waals surface area contributed by atoms with E-state index in [2.05, 4.69) is 23.9 Å². The third-order valence-corrected chi connectivity index (χ3v) is 12.8. The highest BCUT2D eigenvalue weighted by Crippen LogP contribution is 2.59. The molecule has 286 valence electrons. The van der Waals surface area contributed by atoms with E-state index in [0.29, 0.717) is 45.5 Å². The largest absolute Gasteiger partial charge is 0.496 e. The van der Waals surface area contributed by atoms with Crippen LogP contribution in [0.2, 0.25) is 0 Å². The number of anilines is 1. The van der Waals surface area contributed by atoms with Gasteiger partial charge in [0.1, 0.15) is 17.9 Å². The fourth-order valence-corrected chi connectivity index (χ4v) is 9.62. The quantitative estimate of drug-likeness (QED) is 0.201. The summed E-state index contributed by atoms with van der Waals surface area (Å²) >= 11 is 0. The number of benzene rings is 3. The second-order valence-electron chi connectivity index (χ2n) is 15.6. The van der Waals surface area contributed by atoms with Crippen LogP contribution in [0.4, 0.5) is 5.69 Å². The summed E-state index contributed by atoms with van der Waals surface area (Å²) < 4.78 is 34.1. The van der Waals surface area contributed by atoms with Gasteiger partial charge in [-0.3, -0.25) is 14.4 Å². The van der Waals surface area contributed by atoms with Gasteiger partial charge in [-0.05, 0) is 72.8 Å². The Morgan fingerprint density at radius 3 is 2.34 bits per heavy atom. The van der Waals surface area contributed by atoms with Crippen molar-refractivity contribution in [1.29, 1.82) is 0 Å². The minimum atomic E-state index is -4.00. The summed E-state index contributed by atoms with van der Waals surface area (Å²) in [7, 11) is 1.18. The summed E-state index contributed by atoms with van der Waals surface area (Å²) in [6, 6.07) is 18.4. The van der Waals surface area contributed by atoms with E-state index >= 15 is 0 Å². The first-order valence-electron chi connectivity index (χ1n) is 18.2. The number of nitrogens with one attached hydrogen (secondary N) is 2. The van der Waals surface area contributed by atoms with E-state index in [-0.39, 0.29) is 41.8 Å². The van der Waals surface area contributed by atoms with Gasteiger partial charge in [-0.25, -0.2) is 13.1 Å². The molecule has 3 aromatic carbocycles. The minimum absolute atomic E-state index is 0.0329. The normalized spacial score (nSPS) is 25.6. The number of rotatable bonds is 13. The number of para-hydroxylation sites is 1. The first-order chi connectivity index (χ1) is 25.1. The Hall–Kier alpha value is -4.01. The van der Waals surface area contributed by atoms with E-state index in [0.717, 1.165) is 12.8 Å². The van der Waals surface area contributed by atoms with Gasteiger partial charge in [0.15, 0.2) is 0 Å². The van der Waals surface area contributed by atoms with Crippen LogP contribution in [0.3, 0.4) is 0 Å². The van der Waals surface area contributed by atoms with Crippen LogP contribution in [0.15, 0.2) is 66.7 Å². The molecule has 1 heterocycles. The van der Waals surface area contributed by atoms with Crippen molar-refractivity contribution in [1.82, 2.24) is 15.1 Å². The fraction of sp³-hybridized carbons (Fsp3) is 0.500. The van der Waals surface area contributed by atoms with E-state index < -0.39 is 40.1 Å². The predicted octanol–water partition coefficient (Wildman–Crippen LogP) is 4.10. The monoisotopic (exact) mass is 748 g/mol. The molecule has 0 spiro atoms. The summed E-state index contributed by atoms with van der Waals surface area (Å²) in [4.78, 5) is 35.6. The van der Waals surface area contributed by atoms with Crippen LogP contribution < -0.4 is 19.7 Å². The van der Waals surface area contributed by atoms with Crippen LogP contribution in [0.25, 0.3) is 11.1 Å². The van der Waals surface area contributed by atoms with Crippen LogP contribution in [0.1, 0.15) is 61.5 Å². The van der Waals surface area contributed by atoms with Gasteiger partial charge in [0.2, 0.25) is 15.9 Å². The van der Waals surface area contributed by atoms with Crippen molar-refractivity contribution in [2.24, 2.45) is 23.2 Å². The number of fused-ring (bicyclic) bond motifs is 2. The van der Waals surface area contributed by atoms with Crippen molar-refractivity contribution in [2.45, 2.75) is 76.6 Å². The lowest BCUT2D eigenvalue weighted by Gasteiger charge is -2.59. The van der Waals surface area contributed by atoms with Crippen molar-refractivity contribution in [3.05, 3.63) is 83.4 Å². The fourth-order valence-electron chi connectivity index (χ4n) is 8.52. The number of carbonyl (C=O) groups is 2. The maximum absolute atomic E-state index is 14.1. The number of amides is 2. The van der Waals surface area contributed by atoms with Gasteiger partial charge < -0.3 is 25.2 Å². The molecule has 1 saturated heterocycles. The number of methoxy groups -OCH3 is 1. The molecule has 1 aliphatic heterocycles. The number of hydrogen-bond donors (Lipinski definition) is 4. The minimum Gasteiger partial charge on any atom is -0.496 e. The van der Waals surface area contributed by atoms with Crippen LogP contribution in [0.5, 0.6) is 5.75 Å². The average molecular weight is 749 g/mol. The number of sulfonamides is 1.